The number of benzene rings is 1. The Labute approximate surface area is 116 Å². The van der Waals surface area contributed by atoms with E-state index in [4.69, 9.17) is 15.2 Å². The number of hydrogen-bond donors (Lipinski definition) is 1. The van der Waals surface area contributed by atoms with Gasteiger partial charge < -0.3 is 15.2 Å². The summed E-state index contributed by atoms with van der Waals surface area (Å²) >= 11 is 0. The molecule has 106 valence electrons. The van der Waals surface area contributed by atoms with E-state index in [0.29, 0.717) is 0 Å². The van der Waals surface area contributed by atoms with Crippen LogP contribution < -0.4 is 15.2 Å². The molecule has 0 bridgehead atoms. The zero-order valence-corrected chi connectivity index (χ0v) is 12.2. The number of ether oxygens (including phenoxy) is 2. The van der Waals surface area contributed by atoms with Gasteiger partial charge in [-0.25, -0.2) is 0 Å². The van der Waals surface area contributed by atoms with E-state index in [2.05, 4.69) is 13.8 Å². The van der Waals surface area contributed by atoms with Crippen molar-refractivity contribution in [1.29, 1.82) is 0 Å². The fraction of sp³-hybridized carbons (Fsp3) is 0.625. The Morgan fingerprint density at radius 2 is 2.21 bits per heavy atom. The van der Waals surface area contributed by atoms with Crippen LogP contribution in [0.2, 0.25) is 0 Å². The summed E-state index contributed by atoms with van der Waals surface area (Å²) in [7, 11) is 1.68. The SMILES string of the molecule is CCCCC1(CC)C[C@@H](N)c2ccc(OC)cc2O1. The zero-order chi connectivity index (χ0) is 13.9. The lowest BCUT2D eigenvalue weighted by atomic mass is 9.82. The van der Waals surface area contributed by atoms with Crippen LogP contribution in [0.5, 0.6) is 11.5 Å². The van der Waals surface area contributed by atoms with Gasteiger partial charge in [0.15, 0.2) is 0 Å². The molecule has 2 N–H and O–H groups in total. The molecule has 2 atom stereocenters. The quantitative estimate of drug-likeness (QED) is 0.878. The van der Waals surface area contributed by atoms with Crippen LogP contribution in [0.15, 0.2) is 18.2 Å². The van der Waals surface area contributed by atoms with Crippen molar-refractivity contribution in [3.05, 3.63) is 23.8 Å². The minimum Gasteiger partial charge on any atom is -0.497 e. The number of fused-ring (bicyclic) bond motifs is 1. The van der Waals surface area contributed by atoms with Crippen molar-refractivity contribution in [2.75, 3.05) is 7.11 Å². The number of hydrogen-bond acceptors (Lipinski definition) is 3. The minimum absolute atomic E-state index is 0.0615. The number of methoxy groups -OCH3 is 1. The first-order valence-corrected chi connectivity index (χ1v) is 7.26. The Kier molecular flexibility index (Phi) is 4.35. The molecule has 3 heteroatoms. The first-order valence-electron chi connectivity index (χ1n) is 7.26. The van der Waals surface area contributed by atoms with Gasteiger partial charge in [-0.15, -0.1) is 0 Å². The molecule has 1 aliphatic heterocycles. The second-order valence-corrected chi connectivity index (χ2v) is 5.46. The second kappa shape index (κ2) is 5.83. The van der Waals surface area contributed by atoms with E-state index >= 15 is 0 Å². The van der Waals surface area contributed by atoms with E-state index in [-0.39, 0.29) is 11.6 Å². The maximum atomic E-state index is 6.34. The number of rotatable bonds is 5. The van der Waals surface area contributed by atoms with Gasteiger partial charge in [-0.05, 0) is 25.3 Å². The molecule has 3 nitrogen and oxygen atoms in total. The summed E-state index contributed by atoms with van der Waals surface area (Å²) in [5.74, 6) is 1.73. The summed E-state index contributed by atoms with van der Waals surface area (Å²) in [5.41, 5.74) is 7.34. The van der Waals surface area contributed by atoms with E-state index in [1.54, 1.807) is 7.11 Å². The Morgan fingerprint density at radius 1 is 1.42 bits per heavy atom. The molecule has 1 unspecified atom stereocenters. The average Bonchev–Trinajstić information content (AvgIpc) is 2.44. The maximum Gasteiger partial charge on any atom is 0.128 e. The molecule has 0 saturated carbocycles. The molecule has 1 aliphatic rings. The summed E-state index contributed by atoms with van der Waals surface area (Å²) in [5, 5.41) is 0. The Balaban J connectivity index is 2.29. The molecule has 0 aromatic heterocycles. The molecule has 0 fully saturated rings. The predicted molar refractivity (Wildman–Crippen MR) is 77.7 cm³/mol. The van der Waals surface area contributed by atoms with Gasteiger partial charge in [0.2, 0.25) is 0 Å². The van der Waals surface area contributed by atoms with Crippen LogP contribution in [-0.4, -0.2) is 12.7 Å². The van der Waals surface area contributed by atoms with Gasteiger partial charge in [0, 0.05) is 24.1 Å². The van der Waals surface area contributed by atoms with Gasteiger partial charge >= 0.3 is 0 Å². The van der Waals surface area contributed by atoms with Gasteiger partial charge in [0.25, 0.3) is 0 Å². The van der Waals surface area contributed by atoms with Gasteiger partial charge in [-0.3, -0.25) is 0 Å². The van der Waals surface area contributed by atoms with Gasteiger partial charge in [-0.1, -0.05) is 26.3 Å². The largest absolute Gasteiger partial charge is 0.497 e. The standard InChI is InChI=1S/C16H25NO2/c1-4-6-9-16(5-2)11-14(17)13-8-7-12(18-3)10-15(13)19-16/h7-8,10,14H,4-6,9,11,17H2,1-3H3/t14-,16?/m1/s1. The Morgan fingerprint density at radius 3 is 2.84 bits per heavy atom. The third kappa shape index (κ3) is 2.86. The fourth-order valence-corrected chi connectivity index (χ4v) is 2.87. The van der Waals surface area contributed by atoms with Crippen LogP contribution in [0.3, 0.4) is 0 Å². The first kappa shape index (κ1) is 14.2. The molecule has 0 aliphatic carbocycles. The van der Waals surface area contributed by atoms with Crippen molar-refractivity contribution < 1.29 is 9.47 Å². The number of unbranched alkanes of at least 4 members (excludes halogenated alkanes) is 1. The summed E-state index contributed by atoms with van der Waals surface area (Å²) in [6.45, 7) is 4.40. The molecular formula is C16H25NO2. The second-order valence-electron chi connectivity index (χ2n) is 5.46. The van der Waals surface area contributed by atoms with Crippen LogP contribution >= 0.6 is 0 Å². The van der Waals surface area contributed by atoms with E-state index in [1.165, 1.54) is 12.8 Å². The highest BCUT2D eigenvalue weighted by Gasteiger charge is 2.38. The van der Waals surface area contributed by atoms with Crippen molar-refractivity contribution in [3.63, 3.8) is 0 Å². The molecule has 1 aromatic rings. The average molecular weight is 263 g/mol. The molecular weight excluding hydrogens is 238 g/mol. The molecule has 0 spiro atoms. The lowest BCUT2D eigenvalue weighted by Gasteiger charge is -2.41. The van der Waals surface area contributed by atoms with Gasteiger partial charge in [0.1, 0.15) is 17.1 Å². The highest BCUT2D eigenvalue weighted by molar-refractivity contribution is 5.44. The lowest BCUT2D eigenvalue weighted by molar-refractivity contribution is 0.0215. The summed E-state index contributed by atoms with van der Waals surface area (Å²) in [6.07, 6.45) is 5.34. The molecule has 2 rings (SSSR count). The van der Waals surface area contributed by atoms with Crippen molar-refractivity contribution in [1.82, 2.24) is 0 Å². The summed E-state index contributed by atoms with van der Waals surface area (Å²) in [4.78, 5) is 0. The van der Waals surface area contributed by atoms with Crippen LogP contribution in [0, 0.1) is 0 Å². The number of nitrogens with two attached hydrogens (primary N) is 1. The smallest absolute Gasteiger partial charge is 0.128 e. The molecule has 0 amide bonds. The highest BCUT2D eigenvalue weighted by Crippen LogP contribution is 2.43. The molecule has 19 heavy (non-hydrogen) atoms. The molecule has 0 radical (unpaired) electrons. The summed E-state index contributed by atoms with van der Waals surface area (Å²) in [6, 6.07) is 6.00. The fourth-order valence-electron chi connectivity index (χ4n) is 2.87. The van der Waals surface area contributed by atoms with Crippen LogP contribution in [-0.2, 0) is 0 Å². The van der Waals surface area contributed by atoms with Crippen molar-refractivity contribution in [3.8, 4) is 11.5 Å². The zero-order valence-electron chi connectivity index (χ0n) is 12.2. The topological polar surface area (TPSA) is 44.5 Å². The van der Waals surface area contributed by atoms with Crippen LogP contribution in [0.4, 0.5) is 0 Å². The van der Waals surface area contributed by atoms with Crippen LogP contribution in [0.25, 0.3) is 0 Å². The third-order valence-corrected chi connectivity index (χ3v) is 4.17. The highest BCUT2D eigenvalue weighted by atomic mass is 16.5. The molecule has 1 heterocycles. The summed E-state index contributed by atoms with van der Waals surface area (Å²) < 4.78 is 11.6. The minimum atomic E-state index is -0.102. The monoisotopic (exact) mass is 263 g/mol. The van der Waals surface area contributed by atoms with E-state index < -0.39 is 0 Å². The Bertz CT molecular complexity index is 433. The lowest BCUT2D eigenvalue weighted by Crippen LogP contribution is -2.42. The third-order valence-electron chi connectivity index (χ3n) is 4.17. The van der Waals surface area contributed by atoms with E-state index in [9.17, 15) is 0 Å². The first-order chi connectivity index (χ1) is 9.14. The van der Waals surface area contributed by atoms with E-state index in [1.807, 2.05) is 18.2 Å². The van der Waals surface area contributed by atoms with Crippen molar-refractivity contribution >= 4 is 0 Å². The van der Waals surface area contributed by atoms with Gasteiger partial charge in [0.05, 0.1) is 7.11 Å². The Hall–Kier alpha value is -1.22. The van der Waals surface area contributed by atoms with Crippen molar-refractivity contribution in [2.24, 2.45) is 5.73 Å². The van der Waals surface area contributed by atoms with Crippen LogP contribution in [0.1, 0.15) is 57.6 Å². The van der Waals surface area contributed by atoms with E-state index in [0.717, 1.165) is 36.3 Å². The molecule has 0 saturated heterocycles. The van der Waals surface area contributed by atoms with Crippen molar-refractivity contribution in [2.45, 2.75) is 57.6 Å². The predicted octanol–water partition coefficient (Wildman–Crippen LogP) is 3.82. The maximum absolute atomic E-state index is 6.34. The molecule has 1 aromatic carbocycles. The van der Waals surface area contributed by atoms with Gasteiger partial charge in [-0.2, -0.15) is 0 Å². The normalized spacial score (nSPS) is 25.6.